The number of anilines is 2. The standard InChI is InChI=1S/C17H21N5O/c1-10(2)20-17-15-7-16(21-12-3-4-14(23)6-12)19-9-11(15)5-13(8-18)22-17/h5,7,9-10,12,14,23H,3-4,6H2,1-2H3,(H,19,21)(H,20,22)/t12?,14-/m1/s1. The summed E-state index contributed by atoms with van der Waals surface area (Å²) >= 11 is 0. The molecule has 0 aromatic carbocycles. The van der Waals surface area contributed by atoms with E-state index in [4.69, 9.17) is 5.26 Å². The highest BCUT2D eigenvalue weighted by atomic mass is 16.3. The first kappa shape index (κ1) is 15.5. The summed E-state index contributed by atoms with van der Waals surface area (Å²) in [6.07, 6.45) is 4.08. The fourth-order valence-electron chi connectivity index (χ4n) is 2.96. The van der Waals surface area contributed by atoms with Crippen LogP contribution in [0.4, 0.5) is 11.6 Å². The molecular formula is C17H21N5O. The highest BCUT2D eigenvalue weighted by Gasteiger charge is 2.23. The molecule has 0 bridgehead atoms. The Labute approximate surface area is 135 Å². The molecule has 0 radical (unpaired) electrons. The molecule has 1 unspecified atom stereocenters. The number of fused-ring (bicyclic) bond motifs is 1. The van der Waals surface area contributed by atoms with Gasteiger partial charge in [-0.1, -0.05) is 0 Å². The van der Waals surface area contributed by atoms with E-state index in [-0.39, 0.29) is 18.2 Å². The van der Waals surface area contributed by atoms with Gasteiger partial charge in [0.05, 0.1) is 6.10 Å². The zero-order chi connectivity index (χ0) is 16.4. The lowest BCUT2D eigenvalue weighted by Gasteiger charge is -2.15. The van der Waals surface area contributed by atoms with Crippen LogP contribution in [0.15, 0.2) is 18.3 Å². The Morgan fingerprint density at radius 1 is 1.35 bits per heavy atom. The predicted molar refractivity (Wildman–Crippen MR) is 90.3 cm³/mol. The molecule has 3 N–H and O–H groups in total. The lowest BCUT2D eigenvalue weighted by molar-refractivity contribution is 0.182. The minimum Gasteiger partial charge on any atom is -0.393 e. The van der Waals surface area contributed by atoms with Gasteiger partial charge in [0.1, 0.15) is 23.4 Å². The van der Waals surface area contributed by atoms with Gasteiger partial charge < -0.3 is 15.7 Å². The van der Waals surface area contributed by atoms with E-state index in [0.29, 0.717) is 11.5 Å². The second kappa shape index (κ2) is 6.39. The molecule has 23 heavy (non-hydrogen) atoms. The van der Waals surface area contributed by atoms with E-state index in [1.54, 1.807) is 12.3 Å². The number of pyridine rings is 2. The molecule has 2 aromatic rings. The Bertz CT molecular complexity index is 752. The number of nitrogens with zero attached hydrogens (tertiary/aromatic N) is 3. The molecule has 2 atom stereocenters. The summed E-state index contributed by atoms with van der Waals surface area (Å²) in [6.45, 7) is 4.07. The molecule has 6 heteroatoms. The van der Waals surface area contributed by atoms with E-state index < -0.39 is 0 Å². The van der Waals surface area contributed by atoms with Gasteiger partial charge in [-0.3, -0.25) is 0 Å². The molecule has 0 amide bonds. The Balaban J connectivity index is 1.95. The van der Waals surface area contributed by atoms with Crippen molar-refractivity contribution in [1.82, 2.24) is 9.97 Å². The maximum absolute atomic E-state index is 9.64. The van der Waals surface area contributed by atoms with Crippen molar-refractivity contribution in [2.45, 2.75) is 51.3 Å². The molecule has 0 spiro atoms. The van der Waals surface area contributed by atoms with E-state index in [2.05, 4.69) is 26.7 Å². The van der Waals surface area contributed by atoms with Gasteiger partial charge in [-0.15, -0.1) is 0 Å². The van der Waals surface area contributed by atoms with Crippen LogP contribution in [-0.4, -0.2) is 33.3 Å². The van der Waals surface area contributed by atoms with Crippen LogP contribution >= 0.6 is 0 Å². The summed E-state index contributed by atoms with van der Waals surface area (Å²) in [5, 5.41) is 27.3. The Hall–Kier alpha value is -2.39. The molecule has 1 aliphatic carbocycles. The molecule has 0 aliphatic heterocycles. The SMILES string of the molecule is CC(C)Nc1nc(C#N)cc2cnc(NC3CC[C@@H](O)C3)cc12. The van der Waals surface area contributed by atoms with Crippen LogP contribution in [0.1, 0.15) is 38.8 Å². The highest BCUT2D eigenvalue weighted by Crippen LogP contribution is 2.27. The summed E-state index contributed by atoms with van der Waals surface area (Å²) < 4.78 is 0. The normalized spacial score (nSPS) is 20.7. The van der Waals surface area contributed by atoms with Gasteiger partial charge in [0.2, 0.25) is 0 Å². The van der Waals surface area contributed by atoms with Crippen molar-refractivity contribution in [3.63, 3.8) is 0 Å². The molecule has 2 aromatic heterocycles. The van der Waals surface area contributed by atoms with Gasteiger partial charge in [0, 0.05) is 29.1 Å². The molecule has 0 saturated heterocycles. The topological polar surface area (TPSA) is 93.9 Å². The summed E-state index contributed by atoms with van der Waals surface area (Å²) in [5.74, 6) is 1.47. The maximum atomic E-state index is 9.64. The zero-order valence-corrected chi connectivity index (χ0v) is 13.4. The van der Waals surface area contributed by atoms with Crippen LogP contribution in [0.25, 0.3) is 10.8 Å². The van der Waals surface area contributed by atoms with Crippen LogP contribution in [-0.2, 0) is 0 Å². The number of rotatable bonds is 4. The number of nitrogens with one attached hydrogen (secondary N) is 2. The molecular weight excluding hydrogens is 290 g/mol. The van der Waals surface area contributed by atoms with E-state index >= 15 is 0 Å². The van der Waals surface area contributed by atoms with Gasteiger partial charge in [-0.05, 0) is 45.2 Å². The first-order valence-corrected chi connectivity index (χ1v) is 7.97. The van der Waals surface area contributed by atoms with Gasteiger partial charge in [0.25, 0.3) is 0 Å². The Kier molecular flexibility index (Phi) is 4.30. The maximum Gasteiger partial charge on any atom is 0.143 e. The lowest BCUT2D eigenvalue weighted by atomic mass is 10.1. The fourth-order valence-corrected chi connectivity index (χ4v) is 2.96. The van der Waals surface area contributed by atoms with Gasteiger partial charge in [-0.25, -0.2) is 9.97 Å². The molecule has 6 nitrogen and oxygen atoms in total. The third-order valence-electron chi connectivity index (χ3n) is 4.01. The van der Waals surface area contributed by atoms with Crippen molar-refractivity contribution in [1.29, 1.82) is 5.26 Å². The van der Waals surface area contributed by atoms with Crippen molar-refractivity contribution in [3.8, 4) is 6.07 Å². The molecule has 2 heterocycles. The minimum atomic E-state index is -0.217. The van der Waals surface area contributed by atoms with Crippen molar-refractivity contribution in [2.75, 3.05) is 10.6 Å². The van der Waals surface area contributed by atoms with E-state index in [1.165, 1.54) is 0 Å². The van der Waals surface area contributed by atoms with Crippen molar-refractivity contribution >= 4 is 22.4 Å². The quantitative estimate of drug-likeness (QED) is 0.803. The summed E-state index contributed by atoms with van der Waals surface area (Å²) in [6, 6.07) is 6.26. The molecule has 1 fully saturated rings. The van der Waals surface area contributed by atoms with Gasteiger partial charge in [-0.2, -0.15) is 5.26 Å². The Morgan fingerprint density at radius 3 is 2.83 bits per heavy atom. The third kappa shape index (κ3) is 3.51. The van der Waals surface area contributed by atoms with Crippen molar-refractivity contribution in [2.24, 2.45) is 0 Å². The molecule has 1 aliphatic rings. The monoisotopic (exact) mass is 311 g/mol. The molecule has 120 valence electrons. The average molecular weight is 311 g/mol. The summed E-state index contributed by atoms with van der Waals surface area (Å²) in [5.41, 5.74) is 0.377. The van der Waals surface area contributed by atoms with Crippen LogP contribution < -0.4 is 10.6 Å². The van der Waals surface area contributed by atoms with Crippen LogP contribution in [0.5, 0.6) is 0 Å². The second-order valence-electron chi connectivity index (χ2n) is 6.37. The summed E-state index contributed by atoms with van der Waals surface area (Å²) in [4.78, 5) is 8.81. The zero-order valence-electron chi connectivity index (χ0n) is 13.4. The fraction of sp³-hybridized carbons (Fsp3) is 0.471. The Morgan fingerprint density at radius 2 is 2.17 bits per heavy atom. The number of aliphatic hydroxyl groups excluding tert-OH is 1. The smallest absolute Gasteiger partial charge is 0.143 e. The van der Waals surface area contributed by atoms with Crippen molar-refractivity contribution < 1.29 is 5.11 Å². The predicted octanol–water partition coefficient (Wildman–Crippen LogP) is 2.65. The number of aromatic nitrogens is 2. The number of hydrogen-bond donors (Lipinski definition) is 3. The van der Waals surface area contributed by atoms with Crippen molar-refractivity contribution in [3.05, 3.63) is 24.0 Å². The van der Waals surface area contributed by atoms with Crippen LogP contribution in [0, 0.1) is 11.3 Å². The minimum absolute atomic E-state index is 0.217. The van der Waals surface area contributed by atoms with E-state index in [1.807, 2.05) is 19.9 Å². The van der Waals surface area contributed by atoms with E-state index in [9.17, 15) is 5.11 Å². The van der Waals surface area contributed by atoms with E-state index in [0.717, 1.165) is 35.9 Å². The van der Waals surface area contributed by atoms with Crippen LogP contribution in [0.2, 0.25) is 0 Å². The van der Waals surface area contributed by atoms with Gasteiger partial charge >= 0.3 is 0 Å². The van der Waals surface area contributed by atoms with Crippen LogP contribution in [0.3, 0.4) is 0 Å². The number of nitriles is 1. The summed E-state index contributed by atoms with van der Waals surface area (Å²) in [7, 11) is 0. The lowest BCUT2D eigenvalue weighted by Crippen LogP contribution is -2.17. The number of hydrogen-bond acceptors (Lipinski definition) is 6. The second-order valence-corrected chi connectivity index (χ2v) is 6.37. The van der Waals surface area contributed by atoms with Gasteiger partial charge in [0.15, 0.2) is 0 Å². The first-order valence-electron chi connectivity index (χ1n) is 7.97. The highest BCUT2D eigenvalue weighted by molar-refractivity contribution is 5.93. The first-order chi connectivity index (χ1) is 11.0. The average Bonchev–Trinajstić information content (AvgIpc) is 2.92. The molecule has 3 rings (SSSR count). The molecule has 1 saturated carbocycles. The number of aliphatic hydroxyl groups is 1. The third-order valence-corrected chi connectivity index (χ3v) is 4.01. The largest absolute Gasteiger partial charge is 0.393 e.